The Balaban J connectivity index is 1.24. The highest BCUT2D eigenvalue weighted by molar-refractivity contribution is 7.80. The van der Waals surface area contributed by atoms with Gasteiger partial charge in [0.15, 0.2) is 0 Å². The van der Waals surface area contributed by atoms with Crippen molar-refractivity contribution >= 4 is 35.4 Å². The minimum absolute atomic E-state index is 0.0215. The fourth-order valence-electron chi connectivity index (χ4n) is 9.00. The van der Waals surface area contributed by atoms with Crippen LogP contribution in [0.25, 0.3) is 0 Å². The highest BCUT2D eigenvalue weighted by Gasteiger charge is 2.63. The summed E-state index contributed by atoms with van der Waals surface area (Å²) in [5.41, 5.74) is 9.02. The predicted octanol–water partition coefficient (Wildman–Crippen LogP) is 8.47. The van der Waals surface area contributed by atoms with Crippen LogP contribution in [0.2, 0.25) is 0 Å². The van der Waals surface area contributed by atoms with Crippen LogP contribution >= 0.6 is 12.6 Å². The summed E-state index contributed by atoms with van der Waals surface area (Å²) >= 11 is 5.17. The van der Waals surface area contributed by atoms with E-state index in [0.29, 0.717) is 22.2 Å². The van der Waals surface area contributed by atoms with E-state index in [-0.39, 0.29) is 5.41 Å². The fourth-order valence-corrected chi connectivity index (χ4v) is 9.29. The van der Waals surface area contributed by atoms with Gasteiger partial charge in [-0.25, -0.2) is 4.99 Å². The van der Waals surface area contributed by atoms with E-state index in [1.54, 1.807) is 0 Å². The van der Waals surface area contributed by atoms with Crippen LogP contribution in [0.4, 0.5) is 17.1 Å². The topological polar surface area (TPSA) is 22.1 Å². The first kappa shape index (κ1) is 28.9. The number of thiol groups is 1. The molecule has 0 bridgehead atoms. The molecule has 5 atom stereocenters. The van der Waals surface area contributed by atoms with Gasteiger partial charge >= 0.3 is 0 Å². The standard InChI is InChI=1S/C37H54N4S/c1-22-16-41(21-35(22,5)6)24-14-31(40-19-28-29(20-40)37(28,9)10)33(32(42)15-24)38-30-12-11-23(13-25(30)34(2,3)4)39-17-26-27(18-39)36(26,7)8/h11,13-15,22,26-29,42H,12,16-21H2,1-10H3. The molecule has 0 N–H and O–H groups in total. The summed E-state index contributed by atoms with van der Waals surface area (Å²) in [4.78, 5) is 14.4. The minimum atomic E-state index is 0.0215. The molecule has 5 heteroatoms. The second kappa shape index (κ2) is 9.08. The van der Waals surface area contributed by atoms with Crippen LogP contribution in [-0.4, -0.2) is 49.9 Å². The number of fused-ring (bicyclic) bond motifs is 2. The number of benzene rings is 1. The number of allylic oxidation sites excluding steroid dienone is 3. The number of piperidine rings is 2. The summed E-state index contributed by atoms with van der Waals surface area (Å²) in [6.07, 6.45) is 5.80. The number of hydrogen-bond donors (Lipinski definition) is 1. The molecule has 0 aromatic heterocycles. The normalized spacial score (nSPS) is 34.9. The van der Waals surface area contributed by atoms with Gasteiger partial charge in [0.2, 0.25) is 0 Å². The summed E-state index contributed by atoms with van der Waals surface area (Å²) in [5.74, 6) is 3.96. The van der Waals surface area contributed by atoms with E-state index in [2.05, 4.69) is 108 Å². The van der Waals surface area contributed by atoms with Gasteiger partial charge in [-0.1, -0.05) is 75.3 Å². The van der Waals surface area contributed by atoms with Crippen LogP contribution < -0.4 is 9.80 Å². The number of anilines is 2. The van der Waals surface area contributed by atoms with Gasteiger partial charge in [-0.2, -0.15) is 0 Å². The second-order valence-corrected chi connectivity index (χ2v) is 18.2. The maximum absolute atomic E-state index is 5.55. The molecular formula is C37H54N4S. The second-order valence-electron chi connectivity index (χ2n) is 17.7. The lowest BCUT2D eigenvalue weighted by molar-refractivity contribution is 0.312. The molecule has 6 aliphatic rings. The van der Waals surface area contributed by atoms with Gasteiger partial charge < -0.3 is 14.7 Å². The molecule has 228 valence electrons. The van der Waals surface area contributed by atoms with Gasteiger partial charge in [0.25, 0.3) is 0 Å². The zero-order valence-electron chi connectivity index (χ0n) is 27.9. The third kappa shape index (κ3) is 4.49. The Hall–Kier alpha value is -1.88. The number of rotatable bonds is 4. The lowest BCUT2D eigenvalue weighted by Gasteiger charge is -2.33. The Labute approximate surface area is 261 Å². The number of aliphatic imine (C=N–C) groups is 1. The molecule has 3 aliphatic heterocycles. The maximum atomic E-state index is 5.55. The number of hydrogen-bond acceptors (Lipinski definition) is 5. The lowest BCUT2D eigenvalue weighted by atomic mass is 9.80. The Morgan fingerprint density at radius 2 is 1.38 bits per heavy atom. The van der Waals surface area contributed by atoms with Crippen molar-refractivity contribution in [2.75, 3.05) is 49.1 Å². The van der Waals surface area contributed by atoms with E-state index < -0.39 is 0 Å². The zero-order valence-corrected chi connectivity index (χ0v) is 28.8. The molecular weight excluding hydrogens is 533 g/mol. The molecule has 5 unspecified atom stereocenters. The third-order valence-corrected chi connectivity index (χ3v) is 13.3. The molecule has 1 aromatic rings. The Morgan fingerprint density at radius 1 is 0.810 bits per heavy atom. The molecule has 2 saturated carbocycles. The first-order chi connectivity index (χ1) is 19.5. The van der Waals surface area contributed by atoms with E-state index >= 15 is 0 Å². The molecule has 5 fully saturated rings. The molecule has 0 amide bonds. The zero-order chi connectivity index (χ0) is 30.1. The first-order valence-electron chi connectivity index (χ1n) is 16.6. The maximum Gasteiger partial charge on any atom is 0.100 e. The summed E-state index contributed by atoms with van der Waals surface area (Å²) in [6.45, 7) is 30.9. The predicted molar refractivity (Wildman–Crippen MR) is 181 cm³/mol. The van der Waals surface area contributed by atoms with Gasteiger partial charge in [-0.3, -0.25) is 0 Å². The van der Waals surface area contributed by atoms with Crippen LogP contribution in [0.1, 0.15) is 75.7 Å². The molecule has 3 saturated heterocycles. The van der Waals surface area contributed by atoms with Crippen molar-refractivity contribution in [1.29, 1.82) is 0 Å². The van der Waals surface area contributed by atoms with E-state index in [1.807, 2.05) is 0 Å². The average Bonchev–Trinajstić information content (AvgIpc) is 3.37. The quantitative estimate of drug-likeness (QED) is 0.358. The van der Waals surface area contributed by atoms with Crippen LogP contribution in [0, 0.1) is 51.2 Å². The average molecular weight is 587 g/mol. The molecule has 1 aromatic carbocycles. The van der Waals surface area contributed by atoms with Crippen LogP contribution in [0.15, 0.2) is 45.4 Å². The van der Waals surface area contributed by atoms with Gasteiger partial charge in [-0.15, -0.1) is 12.6 Å². The number of nitrogens with zero attached hydrogens (tertiary/aromatic N) is 4. The lowest BCUT2D eigenvalue weighted by Crippen LogP contribution is -2.29. The molecule has 0 spiro atoms. The van der Waals surface area contributed by atoms with Crippen LogP contribution in [0.5, 0.6) is 0 Å². The monoisotopic (exact) mass is 586 g/mol. The van der Waals surface area contributed by atoms with Gasteiger partial charge in [0, 0.05) is 67.7 Å². The van der Waals surface area contributed by atoms with Gasteiger partial charge in [-0.05, 0) is 75.0 Å². The van der Waals surface area contributed by atoms with E-state index in [9.17, 15) is 0 Å². The van der Waals surface area contributed by atoms with Crippen molar-refractivity contribution in [1.82, 2.24) is 4.90 Å². The van der Waals surface area contributed by atoms with Crippen LogP contribution in [0.3, 0.4) is 0 Å². The van der Waals surface area contributed by atoms with Crippen molar-refractivity contribution in [3.63, 3.8) is 0 Å². The summed E-state index contributed by atoms with van der Waals surface area (Å²) in [5, 5.41) is 0. The van der Waals surface area contributed by atoms with E-state index in [1.165, 1.54) is 41.4 Å². The Morgan fingerprint density at radius 3 is 1.90 bits per heavy atom. The van der Waals surface area contributed by atoms with Crippen molar-refractivity contribution < 1.29 is 0 Å². The largest absolute Gasteiger partial charge is 0.371 e. The Kier molecular flexibility index (Phi) is 6.24. The highest BCUT2D eigenvalue weighted by atomic mass is 32.1. The van der Waals surface area contributed by atoms with Gasteiger partial charge in [0.05, 0.1) is 5.69 Å². The van der Waals surface area contributed by atoms with E-state index in [4.69, 9.17) is 17.6 Å². The molecule has 4 nitrogen and oxygen atoms in total. The van der Waals surface area contributed by atoms with Crippen molar-refractivity contribution in [2.24, 2.45) is 56.2 Å². The summed E-state index contributed by atoms with van der Waals surface area (Å²) in [7, 11) is 0. The van der Waals surface area contributed by atoms with Crippen molar-refractivity contribution in [3.05, 3.63) is 35.6 Å². The Bertz CT molecular complexity index is 1380. The summed E-state index contributed by atoms with van der Waals surface area (Å²) in [6, 6.07) is 4.75. The fraction of sp³-hybridized carbons (Fsp3) is 0.703. The van der Waals surface area contributed by atoms with Crippen molar-refractivity contribution in [3.8, 4) is 0 Å². The third-order valence-electron chi connectivity index (χ3n) is 13.0. The highest BCUT2D eigenvalue weighted by Crippen LogP contribution is 2.64. The first-order valence-corrected chi connectivity index (χ1v) is 17.1. The van der Waals surface area contributed by atoms with Gasteiger partial charge in [0.1, 0.15) is 5.69 Å². The minimum Gasteiger partial charge on any atom is -0.371 e. The molecule has 3 aliphatic carbocycles. The van der Waals surface area contributed by atoms with Crippen molar-refractivity contribution in [2.45, 2.75) is 80.6 Å². The number of likely N-dealkylation sites (tertiary alicyclic amines) is 1. The molecule has 42 heavy (non-hydrogen) atoms. The molecule has 3 heterocycles. The van der Waals surface area contributed by atoms with Crippen LogP contribution in [-0.2, 0) is 0 Å². The smallest absolute Gasteiger partial charge is 0.100 e. The summed E-state index contributed by atoms with van der Waals surface area (Å²) < 4.78 is 0. The SMILES string of the molecule is CC1CN(c2cc(S)c(N=C3CC=C(N4CC5C(C4)C5(C)C)C=C3C(C)(C)C)c(N3CC4C(C3)C4(C)C)c2)CC1(C)C. The molecule has 7 rings (SSSR count). The molecule has 0 radical (unpaired) electrons. The van der Waals surface area contributed by atoms with E-state index in [0.717, 1.165) is 66.9 Å².